The monoisotopic (exact) mass is 491 g/mol. The number of piperidine rings is 1. The van der Waals surface area contributed by atoms with Crippen LogP contribution in [0.25, 0.3) is 11.0 Å². The Hall–Kier alpha value is -3.57. The SMILES string of the molecule is CC(C)(C)OC(=O)N1CCC(CCc2noc3c(CO)ccc(OCc4ccccc4C#N)c23)CC1. The van der Waals surface area contributed by atoms with Gasteiger partial charge in [-0.3, -0.25) is 0 Å². The fourth-order valence-corrected chi connectivity index (χ4v) is 4.53. The Bertz CT molecular complexity index is 1250. The molecule has 4 rings (SSSR count). The number of likely N-dealkylation sites (tertiary alicyclic amines) is 1. The molecule has 2 heterocycles. The first-order valence-electron chi connectivity index (χ1n) is 12.4. The van der Waals surface area contributed by atoms with E-state index in [9.17, 15) is 15.2 Å². The van der Waals surface area contributed by atoms with Crippen molar-refractivity contribution < 1.29 is 23.9 Å². The summed E-state index contributed by atoms with van der Waals surface area (Å²) in [5, 5.41) is 24.2. The molecule has 0 atom stereocenters. The second-order valence-corrected chi connectivity index (χ2v) is 10.2. The Morgan fingerprint density at radius 3 is 2.64 bits per heavy atom. The highest BCUT2D eigenvalue weighted by Crippen LogP contribution is 2.34. The summed E-state index contributed by atoms with van der Waals surface area (Å²) < 4.78 is 17.3. The number of nitriles is 1. The van der Waals surface area contributed by atoms with Crippen LogP contribution in [0.2, 0.25) is 0 Å². The molecule has 1 aliphatic rings. The van der Waals surface area contributed by atoms with E-state index in [4.69, 9.17) is 14.0 Å². The smallest absolute Gasteiger partial charge is 0.410 e. The molecular weight excluding hydrogens is 458 g/mol. The molecule has 8 nitrogen and oxygen atoms in total. The summed E-state index contributed by atoms with van der Waals surface area (Å²) in [6, 6.07) is 13.1. The minimum absolute atomic E-state index is 0.161. The zero-order valence-corrected chi connectivity index (χ0v) is 21.1. The number of aliphatic hydroxyl groups is 1. The molecular formula is C28H33N3O5. The molecule has 1 N–H and O–H groups in total. The maximum Gasteiger partial charge on any atom is 0.410 e. The second-order valence-electron chi connectivity index (χ2n) is 10.2. The Morgan fingerprint density at radius 1 is 1.19 bits per heavy atom. The van der Waals surface area contributed by atoms with Crippen LogP contribution in [0.15, 0.2) is 40.9 Å². The Morgan fingerprint density at radius 2 is 1.94 bits per heavy atom. The van der Waals surface area contributed by atoms with Gasteiger partial charge < -0.3 is 24.0 Å². The fourth-order valence-electron chi connectivity index (χ4n) is 4.53. The molecule has 1 aromatic heterocycles. The molecule has 8 heteroatoms. The van der Waals surface area contributed by atoms with E-state index in [1.165, 1.54) is 0 Å². The third-order valence-corrected chi connectivity index (χ3v) is 6.48. The highest BCUT2D eigenvalue weighted by molar-refractivity contribution is 5.88. The van der Waals surface area contributed by atoms with Crippen LogP contribution < -0.4 is 4.74 Å². The van der Waals surface area contributed by atoms with Crippen LogP contribution in [0.4, 0.5) is 4.79 Å². The zero-order valence-electron chi connectivity index (χ0n) is 21.1. The van der Waals surface area contributed by atoms with Crippen LogP contribution in [0.5, 0.6) is 5.75 Å². The van der Waals surface area contributed by atoms with Crippen molar-refractivity contribution >= 4 is 17.1 Å². The van der Waals surface area contributed by atoms with Crippen molar-refractivity contribution in [3.63, 3.8) is 0 Å². The van der Waals surface area contributed by atoms with E-state index < -0.39 is 5.60 Å². The summed E-state index contributed by atoms with van der Waals surface area (Å²) in [6.45, 7) is 7.07. The van der Waals surface area contributed by atoms with Crippen LogP contribution in [0, 0.1) is 17.2 Å². The molecule has 1 amide bonds. The first kappa shape index (κ1) is 25.5. The largest absolute Gasteiger partial charge is 0.488 e. The molecule has 0 radical (unpaired) electrons. The molecule has 36 heavy (non-hydrogen) atoms. The number of carbonyl (C=O) groups excluding carboxylic acids is 1. The fraction of sp³-hybridized carbons (Fsp3) is 0.464. The lowest BCUT2D eigenvalue weighted by atomic mass is 9.91. The molecule has 2 aromatic carbocycles. The first-order valence-corrected chi connectivity index (χ1v) is 12.4. The molecule has 1 saturated heterocycles. The number of nitrogens with zero attached hydrogens (tertiary/aromatic N) is 3. The quantitative estimate of drug-likeness (QED) is 0.474. The molecule has 0 spiro atoms. The summed E-state index contributed by atoms with van der Waals surface area (Å²) >= 11 is 0. The number of aliphatic hydroxyl groups excluding tert-OH is 1. The molecule has 3 aromatic rings. The van der Waals surface area contributed by atoms with Crippen molar-refractivity contribution in [2.24, 2.45) is 5.92 Å². The molecule has 0 aliphatic carbocycles. The van der Waals surface area contributed by atoms with Crippen molar-refractivity contribution in [2.45, 2.75) is 65.3 Å². The number of ether oxygens (including phenoxy) is 2. The van der Waals surface area contributed by atoms with Gasteiger partial charge in [-0.25, -0.2) is 4.79 Å². The number of aromatic nitrogens is 1. The lowest BCUT2D eigenvalue weighted by Crippen LogP contribution is -2.41. The van der Waals surface area contributed by atoms with Gasteiger partial charge in [0.15, 0.2) is 5.58 Å². The standard InChI is InChI=1S/C28H33N3O5/c1-28(2,3)35-27(33)31-14-12-19(13-15-31)8-10-23-25-24(11-9-21(17-32)26(25)36-30-23)34-18-22-7-5-4-6-20(22)16-29/h4-7,9,11,19,32H,8,10,12-15,17-18H2,1-3H3. The van der Waals surface area contributed by atoms with E-state index in [2.05, 4.69) is 11.2 Å². The van der Waals surface area contributed by atoms with Gasteiger partial charge in [-0.1, -0.05) is 23.4 Å². The van der Waals surface area contributed by atoms with Gasteiger partial charge in [0, 0.05) is 24.2 Å². The van der Waals surface area contributed by atoms with E-state index in [0.29, 0.717) is 47.9 Å². The number of hydrogen-bond donors (Lipinski definition) is 1. The van der Waals surface area contributed by atoms with Crippen molar-refractivity contribution in [1.82, 2.24) is 10.1 Å². The third kappa shape index (κ3) is 5.97. The molecule has 0 saturated carbocycles. The normalized spacial score (nSPS) is 14.6. The summed E-state index contributed by atoms with van der Waals surface area (Å²) in [5.74, 6) is 1.08. The number of aryl methyl sites for hydroxylation is 1. The number of amides is 1. The van der Waals surface area contributed by atoms with E-state index in [-0.39, 0.29) is 19.3 Å². The number of rotatable bonds is 7. The van der Waals surface area contributed by atoms with Gasteiger partial charge in [0.1, 0.15) is 18.0 Å². The van der Waals surface area contributed by atoms with Crippen LogP contribution >= 0.6 is 0 Å². The zero-order chi connectivity index (χ0) is 25.7. The van der Waals surface area contributed by atoms with Crippen molar-refractivity contribution in [2.75, 3.05) is 13.1 Å². The van der Waals surface area contributed by atoms with Gasteiger partial charge >= 0.3 is 6.09 Å². The van der Waals surface area contributed by atoms with Crippen molar-refractivity contribution in [3.8, 4) is 11.8 Å². The van der Waals surface area contributed by atoms with Crippen molar-refractivity contribution in [3.05, 3.63) is 58.8 Å². The lowest BCUT2D eigenvalue weighted by molar-refractivity contribution is 0.0181. The van der Waals surface area contributed by atoms with Crippen LogP contribution in [-0.4, -0.2) is 39.9 Å². The minimum Gasteiger partial charge on any atom is -0.488 e. The number of carbonyl (C=O) groups is 1. The summed E-state index contributed by atoms with van der Waals surface area (Å²) in [5.41, 5.74) is 2.85. The number of hydrogen-bond acceptors (Lipinski definition) is 7. The van der Waals surface area contributed by atoms with E-state index in [1.54, 1.807) is 17.0 Å². The average molecular weight is 492 g/mol. The van der Waals surface area contributed by atoms with Crippen LogP contribution in [-0.2, 0) is 24.4 Å². The lowest BCUT2D eigenvalue weighted by Gasteiger charge is -2.33. The first-order chi connectivity index (χ1) is 17.3. The summed E-state index contributed by atoms with van der Waals surface area (Å²) in [7, 11) is 0. The highest BCUT2D eigenvalue weighted by atomic mass is 16.6. The van der Waals surface area contributed by atoms with Gasteiger partial charge in [-0.05, 0) is 70.6 Å². The maximum absolute atomic E-state index is 12.3. The molecule has 0 bridgehead atoms. The van der Waals surface area contributed by atoms with Gasteiger partial charge in [0.25, 0.3) is 0 Å². The predicted molar refractivity (Wildman–Crippen MR) is 134 cm³/mol. The van der Waals surface area contributed by atoms with Crippen LogP contribution in [0.3, 0.4) is 0 Å². The van der Waals surface area contributed by atoms with Gasteiger partial charge in [0.05, 0.1) is 29.3 Å². The molecule has 190 valence electrons. The maximum atomic E-state index is 12.3. The van der Waals surface area contributed by atoms with Gasteiger partial charge in [-0.15, -0.1) is 0 Å². The summed E-state index contributed by atoms with van der Waals surface area (Å²) in [6.07, 6.45) is 3.17. The Kier molecular flexibility index (Phi) is 7.80. The van der Waals surface area contributed by atoms with E-state index in [1.807, 2.05) is 45.0 Å². The molecule has 1 aliphatic heterocycles. The molecule has 0 unspecified atom stereocenters. The van der Waals surface area contributed by atoms with E-state index in [0.717, 1.165) is 35.9 Å². The Balaban J connectivity index is 1.44. The third-order valence-electron chi connectivity index (χ3n) is 6.48. The second kappa shape index (κ2) is 11.0. The topological polar surface area (TPSA) is 109 Å². The van der Waals surface area contributed by atoms with Crippen molar-refractivity contribution in [1.29, 1.82) is 5.26 Å². The minimum atomic E-state index is -0.494. The predicted octanol–water partition coefficient (Wildman–Crippen LogP) is 5.35. The van der Waals surface area contributed by atoms with Gasteiger partial charge in [0.2, 0.25) is 0 Å². The summed E-state index contributed by atoms with van der Waals surface area (Å²) in [4.78, 5) is 14.1. The van der Waals surface area contributed by atoms with Gasteiger partial charge in [-0.2, -0.15) is 5.26 Å². The highest BCUT2D eigenvalue weighted by Gasteiger charge is 2.27. The Labute approximate surface area is 211 Å². The number of fused-ring (bicyclic) bond motifs is 1. The number of benzene rings is 2. The average Bonchev–Trinajstić information content (AvgIpc) is 3.30. The van der Waals surface area contributed by atoms with E-state index >= 15 is 0 Å². The van der Waals surface area contributed by atoms with Crippen LogP contribution in [0.1, 0.15) is 62.4 Å². The molecule has 1 fully saturated rings.